The van der Waals surface area contributed by atoms with E-state index in [0.29, 0.717) is 47.5 Å². The van der Waals surface area contributed by atoms with Crippen molar-refractivity contribution in [2.75, 3.05) is 38.9 Å². The highest BCUT2D eigenvalue weighted by molar-refractivity contribution is 7.89. The van der Waals surface area contributed by atoms with E-state index in [2.05, 4.69) is 11.4 Å². The number of nitrogens with zero attached hydrogens (tertiary/aromatic N) is 2. The fraction of sp³-hybridized carbons (Fsp3) is 0.306. The van der Waals surface area contributed by atoms with Gasteiger partial charge in [0, 0.05) is 24.2 Å². The van der Waals surface area contributed by atoms with Crippen molar-refractivity contribution in [3.63, 3.8) is 0 Å². The lowest BCUT2D eigenvalue weighted by Gasteiger charge is -2.26. The summed E-state index contributed by atoms with van der Waals surface area (Å²) in [5.41, 5.74) is 4.71. The molecule has 1 saturated heterocycles. The van der Waals surface area contributed by atoms with Crippen LogP contribution in [0.3, 0.4) is 0 Å². The average Bonchev–Trinajstić information content (AvgIpc) is 3.58. The fourth-order valence-electron chi connectivity index (χ4n) is 6.51. The summed E-state index contributed by atoms with van der Waals surface area (Å²) in [5, 5.41) is 3.32. The summed E-state index contributed by atoms with van der Waals surface area (Å²) in [5.74, 6) is 0.336. The van der Waals surface area contributed by atoms with Crippen LogP contribution >= 0.6 is 0 Å². The zero-order valence-electron chi connectivity index (χ0n) is 26.5. The number of amides is 1. The predicted octanol–water partition coefficient (Wildman–Crippen LogP) is 5.82. The molecule has 1 N–H and O–H groups in total. The van der Waals surface area contributed by atoms with E-state index in [-0.39, 0.29) is 23.1 Å². The molecule has 1 amide bonds. The van der Waals surface area contributed by atoms with E-state index in [1.54, 1.807) is 6.07 Å². The molecule has 48 heavy (non-hydrogen) atoms. The molecule has 0 spiro atoms. The van der Waals surface area contributed by atoms with Crippen LogP contribution in [0.25, 0.3) is 22.6 Å². The molecule has 0 saturated carbocycles. The number of rotatable bonds is 8. The van der Waals surface area contributed by atoms with Crippen molar-refractivity contribution in [3.05, 3.63) is 83.0 Å². The first-order chi connectivity index (χ1) is 23.3. The third-order valence-electron chi connectivity index (χ3n) is 8.83. The monoisotopic (exact) mass is 669 g/mol. The van der Waals surface area contributed by atoms with Crippen LogP contribution in [-0.4, -0.2) is 63.2 Å². The van der Waals surface area contributed by atoms with Gasteiger partial charge in [0.05, 0.1) is 23.9 Å². The first-order valence-corrected chi connectivity index (χ1v) is 17.4. The van der Waals surface area contributed by atoms with Gasteiger partial charge in [0.1, 0.15) is 10.6 Å². The normalized spacial score (nSPS) is 16.8. The number of benzene rings is 3. The second kappa shape index (κ2) is 13.3. The number of pyridine rings is 1. The molecule has 3 heterocycles. The predicted molar refractivity (Wildman–Crippen MR) is 180 cm³/mol. The minimum absolute atomic E-state index is 0.0267. The topological polar surface area (TPSA) is 133 Å². The van der Waals surface area contributed by atoms with Crippen molar-refractivity contribution < 1.29 is 37.0 Å². The number of piperidine rings is 1. The molecule has 0 radical (unpaired) electrons. The van der Waals surface area contributed by atoms with Crippen LogP contribution in [0.15, 0.2) is 65.6 Å². The van der Waals surface area contributed by atoms with E-state index in [1.165, 1.54) is 23.5 Å². The van der Waals surface area contributed by atoms with Crippen LogP contribution in [0, 0.1) is 0 Å². The van der Waals surface area contributed by atoms with E-state index >= 15 is 0 Å². The number of hydrogen-bond donors (Lipinski definition) is 1. The van der Waals surface area contributed by atoms with Crippen LogP contribution < -0.4 is 19.5 Å². The van der Waals surface area contributed by atoms with Crippen molar-refractivity contribution in [1.82, 2.24) is 9.29 Å². The minimum atomic E-state index is -3.83. The van der Waals surface area contributed by atoms with Crippen LogP contribution in [0.1, 0.15) is 59.3 Å². The average molecular weight is 670 g/mol. The zero-order chi connectivity index (χ0) is 33.3. The second-order valence-corrected chi connectivity index (χ2v) is 13.8. The molecule has 0 bridgehead atoms. The Morgan fingerprint density at radius 1 is 0.958 bits per heavy atom. The summed E-state index contributed by atoms with van der Waals surface area (Å²) in [7, 11) is -2.43. The Bertz CT molecular complexity index is 2050. The van der Waals surface area contributed by atoms with Gasteiger partial charge in [-0.1, -0.05) is 30.7 Å². The number of methoxy groups -OCH3 is 1. The lowest BCUT2D eigenvalue weighted by atomic mass is 9.86. The molecule has 4 aromatic rings. The lowest BCUT2D eigenvalue weighted by Crippen LogP contribution is -2.35. The summed E-state index contributed by atoms with van der Waals surface area (Å²) in [6.45, 7) is 0.490. The molecule has 12 heteroatoms. The molecule has 0 atom stereocenters. The third kappa shape index (κ3) is 6.20. The maximum Gasteiger partial charge on any atom is 0.339 e. The molecule has 0 unspecified atom stereocenters. The number of esters is 1. The number of allylic oxidation sites excluding steroid dienone is 1. The quantitative estimate of drug-likeness (QED) is 0.231. The van der Waals surface area contributed by atoms with Gasteiger partial charge in [-0.15, -0.1) is 0 Å². The number of anilines is 1. The number of ether oxygens (including phenoxy) is 4. The van der Waals surface area contributed by atoms with E-state index in [9.17, 15) is 18.0 Å². The molecule has 3 aromatic carbocycles. The number of fused-ring (bicyclic) bond motifs is 3. The number of carbonyl (C=O) groups excluding carboxylic acids is 2. The van der Waals surface area contributed by atoms with Gasteiger partial charge >= 0.3 is 5.97 Å². The number of sulfonamides is 1. The van der Waals surface area contributed by atoms with Gasteiger partial charge in [-0.3, -0.25) is 4.79 Å². The highest BCUT2D eigenvalue weighted by Crippen LogP contribution is 2.38. The summed E-state index contributed by atoms with van der Waals surface area (Å²) < 4.78 is 50.2. The van der Waals surface area contributed by atoms with Crippen LogP contribution in [0.4, 0.5) is 5.69 Å². The molecule has 1 fully saturated rings. The Hall–Kier alpha value is -4.94. The van der Waals surface area contributed by atoms with E-state index in [0.717, 1.165) is 54.5 Å². The van der Waals surface area contributed by atoms with E-state index in [4.69, 9.17) is 23.9 Å². The number of nitrogens with one attached hydrogen (secondary N) is 1. The molecule has 7 rings (SSSR count). The Morgan fingerprint density at radius 3 is 2.60 bits per heavy atom. The first-order valence-electron chi connectivity index (χ1n) is 16.0. The number of aromatic nitrogens is 1. The molecular formula is C36H35N3O8S. The summed E-state index contributed by atoms with van der Waals surface area (Å²) in [6.07, 6.45) is 6.83. The number of carbonyl (C=O) groups is 2. The number of hydrogen-bond acceptors (Lipinski definition) is 9. The molecule has 3 aliphatic rings. The van der Waals surface area contributed by atoms with Gasteiger partial charge in [-0.25, -0.2) is 18.2 Å². The van der Waals surface area contributed by atoms with E-state index < -0.39 is 28.5 Å². The van der Waals surface area contributed by atoms with Gasteiger partial charge in [-0.05, 0) is 91.3 Å². The Morgan fingerprint density at radius 2 is 1.77 bits per heavy atom. The maximum absolute atomic E-state index is 13.7. The zero-order valence-corrected chi connectivity index (χ0v) is 27.3. The highest BCUT2D eigenvalue weighted by Gasteiger charge is 2.30. The van der Waals surface area contributed by atoms with Crippen LogP contribution in [-0.2, 0) is 26.0 Å². The SMILES string of the molecule is COc1ccc(NC(=O)COC(=O)c2c3c(nc4ccccc24)/C(=C\c2ccc4c(c2)OCO4)CCC3)cc1S(=O)(=O)N1CCCCC1. The molecule has 1 aromatic heterocycles. The summed E-state index contributed by atoms with van der Waals surface area (Å²) in [4.78, 5) is 31.7. The fourth-order valence-corrected chi connectivity index (χ4v) is 8.21. The van der Waals surface area contributed by atoms with Gasteiger partial charge in [0.25, 0.3) is 5.91 Å². The number of para-hydroxylation sites is 1. The smallest absolute Gasteiger partial charge is 0.339 e. The van der Waals surface area contributed by atoms with E-state index in [1.807, 2.05) is 42.5 Å². The Balaban J connectivity index is 1.12. The molecule has 11 nitrogen and oxygen atoms in total. The molecule has 2 aliphatic heterocycles. The first kappa shape index (κ1) is 31.6. The van der Waals surface area contributed by atoms with Crippen molar-refractivity contribution in [3.8, 4) is 17.2 Å². The van der Waals surface area contributed by atoms with Crippen molar-refractivity contribution >= 4 is 50.1 Å². The molecule has 1 aliphatic carbocycles. The largest absolute Gasteiger partial charge is 0.495 e. The molecule has 248 valence electrons. The standard InChI is InChI=1S/C36H35N3O8S/c1-44-30-15-13-25(20-32(30)48(42,43)39-16-5-2-6-17-39)37-33(40)21-45-36(41)34-26-9-3-4-11-28(26)38-35-24(8-7-10-27(34)35)18-23-12-14-29-31(19-23)47-22-46-29/h3-4,9,11-15,18-20H,2,5-8,10,16-17,21-22H2,1H3,(H,37,40)/b24-18-. The van der Waals surface area contributed by atoms with Gasteiger partial charge < -0.3 is 24.3 Å². The Labute approximate surface area is 278 Å². The minimum Gasteiger partial charge on any atom is -0.495 e. The second-order valence-electron chi connectivity index (χ2n) is 11.9. The van der Waals surface area contributed by atoms with Gasteiger partial charge in [0.15, 0.2) is 18.1 Å². The summed E-state index contributed by atoms with van der Waals surface area (Å²) >= 11 is 0. The molecular weight excluding hydrogens is 634 g/mol. The third-order valence-corrected chi connectivity index (χ3v) is 10.7. The van der Waals surface area contributed by atoms with Gasteiger partial charge in [0.2, 0.25) is 16.8 Å². The van der Waals surface area contributed by atoms with Crippen LogP contribution in [0.2, 0.25) is 0 Å². The maximum atomic E-state index is 13.7. The Kier molecular flexibility index (Phi) is 8.76. The van der Waals surface area contributed by atoms with Crippen molar-refractivity contribution in [2.24, 2.45) is 0 Å². The van der Waals surface area contributed by atoms with Crippen molar-refractivity contribution in [2.45, 2.75) is 43.4 Å². The van der Waals surface area contributed by atoms with Gasteiger partial charge in [-0.2, -0.15) is 4.31 Å². The summed E-state index contributed by atoms with van der Waals surface area (Å²) in [6, 6.07) is 17.6. The highest BCUT2D eigenvalue weighted by atomic mass is 32.2. The van der Waals surface area contributed by atoms with Crippen LogP contribution in [0.5, 0.6) is 17.2 Å². The van der Waals surface area contributed by atoms with Crippen molar-refractivity contribution in [1.29, 1.82) is 0 Å². The lowest BCUT2D eigenvalue weighted by molar-refractivity contribution is -0.119.